The van der Waals surface area contributed by atoms with E-state index >= 15 is 0 Å². The molecule has 0 amide bonds. The first-order valence-electron chi connectivity index (χ1n) is 6.47. The fraction of sp³-hybridized carbons (Fsp3) is 0.200. The first-order valence-corrected chi connectivity index (χ1v) is 6.85. The Morgan fingerprint density at radius 1 is 1.18 bits per heavy atom. The maximum absolute atomic E-state index is 13.5. The third-order valence-corrected chi connectivity index (χ3v) is 3.10. The van der Waals surface area contributed by atoms with E-state index in [1.165, 1.54) is 6.07 Å². The lowest BCUT2D eigenvalue weighted by atomic mass is 10.2. The molecule has 0 bridgehead atoms. The number of rotatable bonds is 4. The summed E-state index contributed by atoms with van der Waals surface area (Å²) in [5.74, 6) is 0.357. The Labute approximate surface area is 151 Å². The largest absolute Gasteiger partial charge is 0.352 e. The van der Waals surface area contributed by atoms with Gasteiger partial charge in [-0.2, -0.15) is 0 Å². The Morgan fingerprint density at radius 3 is 2.55 bits per heavy atom. The van der Waals surface area contributed by atoms with Gasteiger partial charge in [0.25, 0.3) is 0 Å². The van der Waals surface area contributed by atoms with Crippen LogP contribution in [0.5, 0.6) is 0 Å². The molecule has 1 aromatic heterocycles. The number of hydrogen-bond donors (Lipinski definition) is 2. The lowest BCUT2D eigenvalue weighted by Crippen LogP contribution is -2.36. The Hall–Kier alpha value is -1.41. The highest BCUT2D eigenvalue weighted by atomic mass is 127. The van der Waals surface area contributed by atoms with Gasteiger partial charge < -0.3 is 10.6 Å². The minimum Gasteiger partial charge on any atom is -0.352 e. The third-order valence-electron chi connectivity index (χ3n) is 2.88. The third kappa shape index (κ3) is 5.76. The maximum Gasteiger partial charge on any atom is 0.191 e. The van der Waals surface area contributed by atoms with Crippen molar-refractivity contribution in [3.8, 4) is 0 Å². The van der Waals surface area contributed by atoms with Gasteiger partial charge >= 0.3 is 0 Å². The van der Waals surface area contributed by atoms with Crippen LogP contribution >= 0.6 is 35.6 Å². The number of halogens is 3. The number of benzene rings is 1. The molecule has 0 aliphatic heterocycles. The Bertz CT molecular complexity index is 619. The van der Waals surface area contributed by atoms with Gasteiger partial charge in [-0.3, -0.25) is 4.99 Å². The Balaban J connectivity index is 0.00000242. The van der Waals surface area contributed by atoms with Crippen molar-refractivity contribution in [2.24, 2.45) is 4.99 Å². The fourth-order valence-corrected chi connectivity index (χ4v) is 1.85. The molecular weight excluding hydrogens is 418 g/mol. The summed E-state index contributed by atoms with van der Waals surface area (Å²) in [5, 5.41) is 6.65. The predicted molar refractivity (Wildman–Crippen MR) is 98.1 cm³/mol. The molecule has 22 heavy (non-hydrogen) atoms. The van der Waals surface area contributed by atoms with Gasteiger partial charge in [0.15, 0.2) is 5.96 Å². The zero-order valence-electron chi connectivity index (χ0n) is 12.0. The van der Waals surface area contributed by atoms with Gasteiger partial charge in [-0.05, 0) is 17.7 Å². The summed E-state index contributed by atoms with van der Waals surface area (Å²) in [4.78, 5) is 8.09. The fourth-order valence-electron chi connectivity index (χ4n) is 1.74. The standard InChI is InChI=1S/C15H16ClFN4.HI/c1-18-15(20-9-11-6-7-14(16)19-8-11)21-10-12-4-2-3-5-13(12)17;/h2-8H,9-10H2,1H3,(H2,18,20,21);1H. The number of guanidine groups is 1. The molecule has 0 aliphatic rings. The van der Waals surface area contributed by atoms with Gasteiger partial charge in [-0.1, -0.05) is 35.9 Å². The van der Waals surface area contributed by atoms with Crippen molar-refractivity contribution < 1.29 is 4.39 Å². The molecule has 0 spiro atoms. The van der Waals surface area contributed by atoms with Gasteiger partial charge in [0, 0.05) is 31.9 Å². The molecule has 1 heterocycles. The molecular formula is C15H17ClFIN4. The molecule has 118 valence electrons. The highest BCUT2D eigenvalue weighted by Gasteiger charge is 2.03. The summed E-state index contributed by atoms with van der Waals surface area (Å²) >= 11 is 5.73. The zero-order valence-corrected chi connectivity index (χ0v) is 15.1. The number of nitrogens with zero attached hydrogens (tertiary/aromatic N) is 2. The second-order valence-electron chi connectivity index (χ2n) is 4.36. The minimum absolute atomic E-state index is 0. The molecule has 2 rings (SSSR count). The van der Waals surface area contributed by atoms with E-state index in [1.807, 2.05) is 6.07 Å². The number of pyridine rings is 1. The van der Waals surface area contributed by atoms with E-state index in [9.17, 15) is 4.39 Å². The average Bonchev–Trinajstić information content (AvgIpc) is 2.51. The van der Waals surface area contributed by atoms with Gasteiger partial charge in [-0.15, -0.1) is 24.0 Å². The lowest BCUT2D eigenvalue weighted by molar-refractivity contribution is 0.604. The molecule has 2 aromatic rings. The highest BCUT2D eigenvalue weighted by molar-refractivity contribution is 14.0. The topological polar surface area (TPSA) is 49.3 Å². The highest BCUT2D eigenvalue weighted by Crippen LogP contribution is 2.06. The first-order chi connectivity index (χ1) is 10.2. The van der Waals surface area contributed by atoms with Crippen LogP contribution in [0.4, 0.5) is 4.39 Å². The van der Waals surface area contributed by atoms with Gasteiger partial charge in [-0.25, -0.2) is 9.37 Å². The van der Waals surface area contributed by atoms with Crippen LogP contribution in [0.1, 0.15) is 11.1 Å². The SMILES string of the molecule is CN=C(NCc1ccc(Cl)nc1)NCc1ccccc1F.I. The van der Waals surface area contributed by atoms with Crippen LogP contribution in [0.3, 0.4) is 0 Å². The molecule has 1 aromatic carbocycles. The summed E-state index contributed by atoms with van der Waals surface area (Å²) in [7, 11) is 1.66. The second-order valence-corrected chi connectivity index (χ2v) is 4.75. The van der Waals surface area contributed by atoms with E-state index in [-0.39, 0.29) is 29.8 Å². The molecule has 0 unspecified atom stereocenters. The minimum atomic E-state index is -0.234. The van der Waals surface area contributed by atoms with Crippen molar-refractivity contribution >= 4 is 41.5 Å². The predicted octanol–water partition coefficient (Wildman–Crippen LogP) is 3.36. The van der Waals surface area contributed by atoms with E-state index in [0.29, 0.717) is 29.8 Å². The number of aliphatic imine (C=N–C) groups is 1. The van der Waals surface area contributed by atoms with Crippen LogP contribution in [0.25, 0.3) is 0 Å². The van der Waals surface area contributed by atoms with E-state index in [0.717, 1.165) is 5.56 Å². The van der Waals surface area contributed by atoms with E-state index in [2.05, 4.69) is 20.6 Å². The van der Waals surface area contributed by atoms with Gasteiger partial charge in [0.05, 0.1) is 0 Å². The molecule has 4 nitrogen and oxygen atoms in total. The van der Waals surface area contributed by atoms with Crippen LogP contribution in [0.15, 0.2) is 47.6 Å². The van der Waals surface area contributed by atoms with Crippen LogP contribution in [0, 0.1) is 5.82 Å². The summed E-state index contributed by atoms with van der Waals surface area (Å²) in [6.07, 6.45) is 1.69. The van der Waals surface area contributed by atoms with Gasteiger partial charge in [0.2, 0.25) is 0 Å². The van der Waals surface area contributed by atoms with Crippen molar-refractivity contribution in [3.05, 3.63) is 64.7 Å². The average molecular weight is 435 g/mol. The summed E-state index contributed by atoms with van der Waals surface area (Å²) in [5.41, 5.74) is 1.57. The Morgan fingerprint density at radius 2 is 1.91 bits per heavy atom. The van der Waals surface area contributed by atoms with Gasteiger partial charge in [0.1, 0.15) is 11.0 Å². The van der Waals surface area contributed by atoms with Crippen molar-refractivity contribution in [1.29, 1.82) is 0 Å². The van der Waals surface area contributed by atoms with E-state index in [4.69, 9.17) is 11.6 Å². The van der Waals surface area contributed by atoms with Crippen molar-refractivity contribution in [1.82, 2.24) is 15.6 Å². The van der Waals surface area contributed by atoms with Crippen molar-refractivity contribution in [2.75, 3.05) is 7.05 Å². The summed E-state index contributed by atoms with van der Waals surface area (Å²) in [6.45, 7) is 0.923. The molecule has 0 saturated carbocycles. The summed E-state index contributed by atoms with van der Waals surface area (Å²) in [6, 6.07) is 10.3. The summed E-state index contributed by atoms with van der Waals surface area (Å²) < 4.78 is 13.5. The van der Waals surface area contributed by atoms with Crippen LogP contribution in [-0.4, -0.2) is 18.0 Å². The number of aromatic nitrogens is 1. The number of nitrogens with one attached hydrogen (secondary N) is 2. The van der Waals surface area contributed by atoms with Crippen molar-refractivity contribution in [2.45, 2.75) is 13.1 Å². The normalized spacial score (nSPS) is 10.8. The first kappa shape index (κ1) is 18.6. The van der Waals surface area contributed by atoms with Crippen LogP contribution < -0.4 is 10.6 Å². The quantitative estimate of drug-likeness (QED) is 0.336. The zero-order chi connectivity index (χ0) is 15.1. The monoisotopic (exact) mass is 434 g/mol. The smallest absolute Gasteiger partial charge is 0.191 e. The molecule has 0 aliphatic carbocycles. The molecule has 0 radical (unpaired) electrons. The maximum atomic E-state index is 13.5. The second kappa shape index (κ2) is 9.58. The Kier molecular flexibility index (Phi) is 8.11. The molecule has 0 saturated heterocycles. The van der Waals surface area contributed by atoms with Crippen LogP contribution in [0.2, 0.25) is 5.15 Å². The molecule has 7 heteroatoms. The van der Waals surface area contributed by atoms with E-state index in [1.54, 1.807) is 37.5 Å². The number of hydrogen-bond acceptors (Lipinski definition) is 2. The van der Waals surface area contributed by atoms with E-state index < -0.39 is 0 Å². The van der Waals surface area contributed by atoms with Crippen LogP contribution in [-0.2, 0) is 13.1 Å². The molecule has 0 fully saturated rings. The molecule has 0 atom stereocenters. The van der Waals surface area contributed by atoms with Crippen molar-refractivity contribution in [3.63, 3.8) is 0 Å². The lowest BCUT2D eigenvalue weighted by Gasteiger charge is -2.12. The molecule has 2 N–H and O–H groups in total.